The van der Waals surface area contributed by atoms with Crippen molar-refractivity contribution in [2.75, 3.05) is 6.54 Å². The van der Waals surface area contributed by atoms with Gasteiger partial charge in [-0.3, -0.25) is 14.9 Å². The minimum Gasteiger partial charge on any atom is -0.444 e. The first kappa shape index (κ1) is 24.5. The largest absolute Gasteiger partial charge is 0.444 e. The average molecular weight is 451 g/mol. The summed E-state index contributed by atoms with van der Waals surface area (Å²) >= 11 is 0. The molecule has 0 unspecified atom stereocenters. The molecular formula is C23H38N4O5. The molecule has 0 spiro atoms. The number of hydrogen-bond acceptors (Lipinski definition) is 7. The first-order valence-corrected chi connectivity index (χ1v) is 12.0. The van der Waals surface area contributed by atoms with Crippen molar-refractivity contribution in [1.82, 2.24) is 20.5 Å². The van der Waals surface area contributed by atoms with E-state index in [-0.39, 0.29) is 24.5 Å². The summed E-state index contributed by atoms with van der Waals surface area (Å²) in [5.41, 5.74) is 1.14. The van der Waals surface area contributed by atoms with Crippen molar-refractivity contribution in [3.8, 4) is 0 Å². The van der Waals surface area contributed by atoms with Gasteiger partial charge in [-0.15, -0.1) is 0 Å². The van der Waals surface area contributed by atoms with Crippen LogP contribution in [0.15, 0.2) is 4.52 Å². The smallest absolute Gasteiger partial charge is 0.410 e. The lowest BCUT2D eigenvalue weighted by atomic mass is 9.84. The van der Waals surface area contributed by atoms with Gasteiger partial charge in [-0.1, -0.05) is 50.1 Å². The topological polar surface area (TPSA) is 118 Å². The van der Waals surface area contributed by atoms with E-state index < -0.39 is 11.5 Å². The van der Waals surface area contributed by atoms with E-state index in [4.69, 9.17) is 14.5 Å². The lowest BCUT2D eigenvalue weighted by molar-refractivity contribution is -0.129. The predicted molar refractivity (Wildman–Crippen MR) is 117 cm³/mol. The van der Waals surface area contributed by atoms with Crippen LogP contribution in [0, 0.1) is 5.92 Å². The second-order valence-corrected chi connectivity index (χ2v) is 10.2. The van der Waals surface area contributed by atoms with Crippen LogP contribution >= 0.6 is 0 Å². The second-order valence-electron chi connectivity index (χ2n) is 10.2. The van der Waals surface area contributed by atoms with Gasteiger partial charge in [0.05, 0.1) is 6.04 Å². The number of nitrogens with zero attached hydrogens (tertiary/aromatic N) is 3. The average Bonchev–Trinajstić information content (AvgIpc) is 3.42. The molecule has 0 aromatic carbocycles. The number of aromatic nitrogens is 2. The zero-order valence-electron chi connectivity index (χ0n) is 19.6. The van der Waals surface area contributed by atoms with Gasteiger partial charge < -0.3 is 9.26 Å². The van der Waals surface area contributed by atoms with Crippen molar-refractivity contribution < 1.29 is 24.1 Å². The quantitative estimate of drug-likeness (QED) is 0.428. The number of rotatable bonds is 8. The summed E-state index contributed by atoms with van der Waals surface area (Å²) in [6, 6.07) is -0.295. The molecule has 180 valence electrons. The summed E-state index contributed by atoms with van der Waals surface area (Å²) in [4.78, 5) is 30.7. The molecule has 2 atom stereocenters. The molecule has 1 aromatic heterocycles. The molecular weight excluding hydrogens is 412 g/mol. The van der Waals surface area contributed by atoms with Crippen LogP contribution in [0.4, 0.5) is 4.79 Å². The van der Waals surface area contributed by atoms with Crippen LogP contribution in [-0.2, 0) is 9.53 Å². The molecule has 0 radical (unpaired) electrons. The van der Waals surface area contributed by atoms with Crippen LogP contribution in [0.25, 0.3) is 0 Å². The van der Waals surface area contributed by atoms with Crippen molar-refractivity contribution in [2.24, 2.45) is 5.92 Å². The fraction of sp³-hybridized carbons (Fsp3) is 0.826. The summed E-state index contributed by atoms with van der Waals surface area (Å²) in [5, 5.41) is 13.2. The Morgan fingerprint density at radius 1 is 1.22 bits per heavy atom. The number of amides is 2. The van der Waals surface area contributed by atoms with Gasteiger partial charge in [-0.2, -0.15) is 4.98 Å². The van der Waals surface area contributed by atoms with Crippen LogP contribution in [-0.4, -0.2) is 44.4 Å². The summed E-state index contributed by atoms with van der Waals surface area (Å²) in [7, 11) is 0. The second kappa shape index (κ2) is 11.1. The lowest BCUT2D eigenvalue weighted by Gasteiger charge is -2.27. The predicted octanol–water partition coefficient (Wildman–Crippen LogP) is 4.87. The summed E-state index contributed by atoms with van der Waals surface area (Å²) in [6.45, 7) is 6.10. The minimum absolute atomic E-state index is 0.0866. The Morgan fingerprint density at radius 2 is 1.97 bits per heavy atom. The van der Waals surface area contributed by atoms with Crippen molar-refractivity contribution in [3.05, 3.63) is 11.7 Å². The van der Waals surface area contributed by atoms with Crippen molar-refractivity contribution in [2.45, 2.75) is 109 Å². The first-order valence-electron chi connectivity index (χ1n) is 12.0. The molecule has 1 saturated heterocycles. The van der Waals surface area contributed by atoms with E-state index >= 15 is 0 Å². The van der Waals surface area contributed by atoms with Gasteiger partial charge in [0.15, 0.2) is 5.82 Å². The van der Waals surface area contributed by atoms with Crippen LogP contribution in [0.2, 0.25) is 0 Å². The normalized spacial score (nSPS) is 20.9. The Bertz CT molecular complexity index is 754. The Morgan fingerprint density at radius 3 is 2.66 bits per heavy atom. The molecule has 9 nitrogen and oxygen atoms in total. The van der Waals surface area contributed by atoms with Crippen molar-refractivity contribution in [3.63, 3.8) is 0 Å². The molecule has 2 N–H and O–H groups in total. The van der Waals surface area contributed by atoms with E-state index in [1.807, 2.05) is 20.8 Å². The molecule has 2 aliphatic rings. The molecule has 1 saturated carbocycles. The highest BCUT2D eigenvalue weighted by Gasteiger charge is 2.36. The van der Waals surface area contributed by atoms with Crippen LogP contribution in [0.1, 0.15) is 115 Å². The van der Waals surface area contributed by atoms with E-state index in [0.717, 1.165) is 38.0 Å². The van der Waals surface area contributed by atoms with E-state index in [2.05, 4.69) is 10.1 Å². The van der Waals surface area contributed by atoms with Gasteiger partial charge in [0.2, 0.25) is 11.8 Å². The SMILES string of the molecule is CC(C)(C)OC(=O)N1CCC[C@H]1c1noc([C@H](CCCC2CCCCC2)CC(=O)NO)n1. The highest BCUT2D eigenvalue weighted by Crippen LogP contribution is 2.34. The molecule has 2 heterocycles. The number of ether oxygens (including phenoxy) is 1. The molecule has 1 aliphatic heterocycles. The maximum Gasteiger partial charge on any atom is 0.410 e. The third-order valence-electron chi connectivity index (χ3n) is 6.43. The molecule has 3 rings (SSSR count). The van der Waals surface area contributed by atoms with E-state index in [1.165, 1.54) is 32.1 Å². The molecule has 9 heteroatoms. The monoisotopic (exact) mass is 450 g/mol. The third kappa shape index (κ3) is 6.92. The maximum atomic E-state index is 12.6. The van der Waals surface area contributed by atoms with Crippen LogP contribution < -0.4 is 5.48 Å². The molecule has 0 bridgehead atoms. The number of carbonyl (C=O) groups is 2. The molecule has 2 fully saturated rings. The summed E-state index contributed by atoms with van der Waals surface area (Å²) in [6.07, 6.45) is 10.7. The van der Waals surface area contributed by atoms with Gasteiger partial charge in [0, 0.05) is 18.9 Å². The summed E-state index contributed by atoms with van der Waals surface area (Å²) < 4.78 is 11.1. The van der Waals surface area contributed by atoms with Crippen molar-refractivity contribution in [1.29, 1.82) is 0 Å². The molecule has 32 heavy (non-hydrogen) atoms. The standard InChI is InChI=1S/C23H38N4O5/c1-23(2,3)31-22(29)27-14-8-13-18(27)20-24-21(32-26-20)17(15-19(28)25-30)12-7-11-16-9-5-4-6-10-16/h16-18,30H,4-15H2,1-3H3,(H,25,28)/t17-,18+/m1/s1. The molecule has 2 amide bonds. The van der Waals surface area contributed by atoms with E-state index in [1.54, 1.807) is 10.4 Å². The number of nitrogens with one attached hydrogen (secondary N) is 1. The zero-order valence-corrected chi connectivity index (χ0v) is 19.6. The highest BCUT2D eigenvalue weighted by atomic mass is 16.6. The number of hydroxylamine groups is 1. The van der Waals surface area contributed by atoms with Gasteiger partial charge in [0.25, 0.3) is 0 Å². The first-order chi connectivity index (χ1) is 15.3. The van der Waals surface area contributed by atoms with E-state index in [0.29, 0.717) is 18.3 Å². The number of likely N-dealkylation sites (tertiary alicyclic amines) is 1. The highest BCUT2D eigenvalue weighted by molar-refractivity contribution is 5.75. The van der Waals surface area contributed by atoms with Gasteiger partial charge in [-0.25, -0.2) is 10.3 Å². The summed E-state index contributed by atoms with van der Waals surface area (Å²) in [5.74, 6) is 0.871. The van der Waals surface area contributed by atoms with Gasteiger partial charge in [-0.05, 0) is 46.0 Å². The van der Waals surface area contributed by atoms with Gasteiger partial charge in [0.1, 0.15) is 5.60 Å². The third-order valence-corrected chi connectivity index (χ3v) is 6.43. The Labute approximate surface area is 190 Å². The molecule has 1 aliphatic carbocycles. The van der Waals surface area contributed by atoms with Crippen LogP contribution in [0.3, 0.4) is 0 Å². The Balaban J connectivity index is 1.65. The van der Waals surface area contributed by atoms with Crippen LogP contribution in [0.5, 0.6) is 0 Å². The molecule has 1 aromatic rings. The van der Waals surface area contributed by atoms with E-state index in [9.17, 15) is 9.59 Å². The maximum absolute atomic E-state index is 12.6. The zero-order chi connectivity index (χ0) is 23.1. The Hall–Kier alpha value is -2.16. The Kier molecular flexibility index (Phi) is 8.51. The fourth-order valence-electron chi connectivity index (χ4n) is 4.83. The number of carbonyl (C=O) groups excluding carboxylic acids is 2. The minimum atomic E-state index is -0.576. The van der Waals surface area contributed by atoms with Gasteiger partial charge >= 0.3 is 6.09 Å². The number of hydrogen-bond donors (Lipinski definition) is 2. The van der Waals surface area contributed by atoms with Crippen molar-refractivity contribution >= 4 is 12.0 Å². The lowest BCUT2D eigenvalue weighted by Crippen LogP contribution is -2.36. The fourth-order valence-corrected chi connectivity index (χ4v) is 4.83.